The molecule has 4 rings (SSSR count). The van der Waals surface area contributed by atoms with Crippen molar-refractivity contribution in [2.45, 2.75) is 41.5 Å². The van der Waals surface area contributed by atoms with Gasteiger partial charge in [-0.1, -0.05) is 12.1 Å². The third-order valence-corrected chi connectivity index (χ3v) is 6.59. The zero-order valence-electron chi connectivity index (χ0n) is 18.0. The van der Waals surface area contributed by atoms with Crippen molar-refractivity contribution >= 4 is 40.7 Å². The van der Waals surface area contributed by atoms with E-state index in [4.69, 9.17) is 9.31 Å². The van der Waals surface area contributed by atoms with E-state index in [1.165, 1.54) is 37.2 Å². The number of fused-ring (bicyclic) bond motifs is 2. The molecule has 1 aromatic carbocycles. The van der Waals surface area contributed by atoms with Crippen LogP contribution in [0, 0.1) is 17.4 Å². The van der Waals surface area contributed by atoms with E-state index in [-0.39, 0.29) is 0 Å². The minimum Gasteiger partial charge on any atom is -0.484 e. The van der Waals surface area contributed by atoms with Gasteiger partial charge in [0.2, 0.25) is 0 Å². The lowest BCUT2D eigenvalue weighted by atomic mass is 9.78. The van der Waals surface area contributed by atoms with Crippen LogP contribution < -0.4 is 0 Å². The van der Waals surface area contributed by atoms with Gasteiger partial charge in [-0.25, -0.2) is 0 Å². The number of hydrogen-bond donors (Lipinski definition) is 0. The summed E-state index contributed by atoms with van der Waals surface area (Å²) in [7, 11) is 0. The lowest BCUT2D eigenvalue weighted by molar-refractivity contribution is -0.385. The monoisotopic (exact) mass is 502 g/mol. The van der Waals surface area contributed by atoms with Crippen molar-refractivity contribution in [3.8, 4) is 0 Å². The first-order valence-electron chi connectivity index (χ1n) is 10.3. The van der Waals surface area contributed by atoms with E-state index >= 15 is 0 Å². The van der Waals surface area contributed by atoms with E-state index in [0.29, 0.717) is 13.2 Å². The average molecular weight is 502 g/mol. The van der Waals surface area contributed by atoms with Crippen LogP contribution in [0.1, 0.15) is 50.2 Å². The predicted molar refractivity (Wildman–Crippen MR) is 128 cm³/mol. The fourth-order valence-corrected chi connectivity index (χ4v) is 5.37. The van der Waals surface area contributed by atoms with Gasteiger partial charge in [-0.05, 0) is 92.2 Å². The highest BCUT2D eigenvalue weighted by atomic mass is 127. The smallest absolute Gasteiger partial charge is 0.484 e. The van der Waals surface area contributed by atoms with Gasteiger partial charge in [0, 0.05) is 41.1 Å². The van der Waals surface area contributed by atoms with Crippen LogP contribution in [0.25, 0.3) is 5.57 Å². The molecule has 0 N–H and O–H groups in total. The molecule has 0 saturated heterocycles. The molecular formula is C23H28BIN2O2. The zero-order valence-corrected chi connectivity index (χ0v) is 20.2. The molecule has 1 aromatic heterocycles. The van der Waals surface area contributed by atoms with Gasteiger partial charge in [0.25, 0.3) is 0 Å². The molecule has 0 atom stereocenters. The van der Waals surface area contributed by atoms with Crippen molar-refractivity contribution in [2.75, 3.05) is 13.2 Å². The number of nitrogens with zero attached hydrogens (tertiary/aromatic N) is 2. The molecule has 6 heteroatoms. The second-order valence-corrected chi connectivity index (χ2v) is 9.05. The fourth-order valence-electron chi connectivity index (χ4n) is 5.01. The van der Waals surface area contributed by atoms with Crippen molar-refractivity contribution in [1.29, 1.82) is 0 Å². The summed E-state index contributed by atoms with van der Waals surface area (Å²) < 4.78 is 18.8. The Bertz CT molecular complexity index is 1070. The summed E-state index contributed by atoms with van der Waals surface area (Å²) in [6.45, 7) is 12.0. The normalized spacial score (nSPS) is 17.6. The molecule has 0 bridgehead atoms. The highest BCUT2D eigenvalue weighted by Gasteiger charge is 2.56. The summed E-state index contributed by atoms with van der Waals surface area (Å²) in [6.07, 6.45) is 2.24. The molecule has 0 fully saturated rings. The highest BCUT2D eigenvalue weighted by Crippen LogP contribution is 2.44. The van der Waals surface area contributed by atoms with Gasteiger partial charge in [0.1, 0.15) is 5.71 Å². The Morgan fingerprint density at radius 2 is 1.62 bits per heavy atom. The topological polar surface area (TPSA) is 26.4 Å². The van der Waals surface area contributed by atoms with Gasteiger partial charge < -0.3 is 18.3 Å². The Hall–Kier alpha value is -1.64. The van der Waals surface area contributed by atoms with Crippen LogP contribution in [0.4, 0.5) is 0 Å². The number of benzene rings is 1. The Morgan fingerprint density at radius 3 is 2.21 bits per heavy atom. The predicted octanol–water partition coefficient (Wildman–Crippen LogP) is 5.27. The summed E-state index contributed by atoms with van der Waals surface area (Å²) >= 11 is 2.36. The summed E-state index contributed by atoms with van der Waals surface area (Å²) in [5.74, 6) is 0. The van der Waals surface area contributed by atoms with Crippen LogP contribution >= 0.6 is 22.6 Å². The highest BCUT2D eigenvalue weighted by molar-refractivity contribution is 14.1. The van der Waals surface area contributed by atoms with Gasteiger partial charge >= 0.3 is 6.82 Å². The molecular weight excluding hydrogens is 474 g/mol. The molecule has 2 aromatic rings. The lowest BCUT2D eigenvalue weighted by Gasteiger charge is -2.43. The van der Waals surface area contributed by atoms with E-state index in [2.05, 4.69) is 95.7 Å². The first-order valence-corrected chi connectivity index (χ1v) is 11.4. The Labute approximate surface area is 187 Å². The second-order valence-electron chi connectivity index (χ2n) is 7.80. The number of halogens is 1. The standard InChI is InChI=1S/C23H28BIN2O2/c1-7-28-24(29-8-2)26-17(5)13-15(3)22(26)21(19-9-11-20(25)12-10-19)23-16(4)14-18(6)27(23)24/h9-14H,7-8H2,1-6H3. The van der Waals surface area contributed by atoms with Crippen molar-refractivity contribution in [2.24, 2.45) is 0 Å². The summed E-state index contributed by atoms with van der Waals surface area (Å²) in [5, 5.41) is 0. The van der Waals surface area contributed by atoms with Crippen molar-refractivity contribution in [1.82, 2.24) is 4.48 Å². The number of allylic oxidation sites excluding steroid dienone is 2. The van der Waals surface area contributed by atoms with Gasteiger partial charge in [0.05, 0.1) is 5.57 Å². The van der Waals surface area contributed by atoms with Crippen molar-refractivity contribution in [3.63, 3.8) is 0 Å². The van der Waals surface area contributed by atoms with Crippen LogP contribution in [0.3, 0.4) is 0 Å². The third kappa shape index (κ3) is 2.99. The first kappa shape index (κ1) is 20.6. The minimum absolute atomic E-state index is 0.574. The van der Waals surface area contributed by atoms with E-state index < -0.39 is 6.82 Å². The lowest BCUT2D eigenvalue weighted by Crippen LogP contribution is -2.63. The van der Waals surface area contributed by atoms with Crippen LogP contribution in [-0.4, -0.2) is 34.7 Å². The quantitative estimate of drug-likeness (QED) is 0.412. The maximum atomic E-state index is 6.51. The van der Waals surface area contributed by atoms with E-state index in [1.54, 1.807) is 0 Å². The van der Waals surface area contributed by atoms with Crippen LogP contribution in [0.15, 0.2) is 47.7 Å². The van der Waals surface area contributed by atoms with Crippen molar-refractivity contribution in [3.05, 3.63) is 73.8 Å². The van der Waals surface area contributed by atoms with Crippen molar-refractivity contribution < 1.29 is 13.8 Å². The Morgan fingerprint density at radius 1 is 1.00 bits per heavy atom. The third-order valence-electron chi connectivity index (χ3n) is 5.87. The Balaban J connectivity index is 2.15. The van der Waals surface area contributed by atoms with Crippen LogP contribution in [-0.2, 0) is 9.31 Å². The number of rotatable bonds is 5. The fraction of sp³-hybridized carbons (Fsp3) is 0.348. The van der Waals surface area contributed by atoms with E-state index in [1.807, 2.05) is 13.8 Å². The molecule has 0 amide bonds. The largest absolute Gasteiger partial charge is 0.666 e. The van der Waals surface area contributed by atoms with Gasteiger partial charge in [-0.3, -0.25) is 0 Å². The molecule has 4 nitrogen and oxygen atoms in total. The molecule has 2 aliphatic rings. The first-order chi connectivity index (χ1) is 13.9. The maximum Gasteiger partial charge on any atom is 0.666 e. The molecule has 0 spiro atoms. The molecule has 152 valence electrons. The van der Waals surface area contributed by atoms with E-state index in [9.17, 15) is 0 Å². The van der Waals surface area contributed by atoms with E-state index in [0.717, 1.165) is 11.4 Å². The number of aromatic nitrogens is 1. The van der Waals surface area contributed by atoms with Crippen LogP contribution in [0.2, 0.25) is 0 Å². The molecule has 3 heterocycles. The molecule has 0 saturated carbocycles. The van der Waals surface area contributed by atoms with Gasteiger partial charge in [0.15, 0.2) is 5.70 Å². The molecule has 0 unspecified atom stereocenters. The molecule has 0 radical (unpaired) electrons. The van der Waals surface area contributed by atoms with Crippen LogP contribution in [0.5, 0.6) is 0 Å². The summed E-state index contributed by atoms with van der Waals surface area (Å²) in [6, 6.07) is 11.0. The summed E-state index contributed by atoms with van der Waals surface area (Å²) in [4.78, 5) is 0. The minimum atomic E-state index is -1.88. The SMILES string of the molecule is CCO[B-]1(OCC)n2c(C)cc(C)c2C(c2ccc(I)cc2)=C2C(C)=CC(C)=[N+]21. The summed E-state index contributed by atoms with van der Waals surface area (Å²) in [5.41, 5.74) is 9.64. The second kappa shape index (κ2) is 7.56. The number of aryl methyl sites for hydroxylation is 2. The molecule has 29 heavy (non-hydrogen) atoms. The average Bonchev–Trinajstić information content (AvgIpc) is 3.14. The zero-order chi connectivity index (χ0) is 20.9. The molecule has 2 aliphatic heterocycles. The maximum absolute atomic E-state index is 6.51. The Kier molecular flexibility index (Phi) is 5.38. The molecule has 0 aliphatic carbocycles. The van der Waals surface area contributed by atoms with Gasteiger partial charge in [-0.15, -0.1) is 0 Å². The van der Waals surface area contributed by atoms with Gasteiger partial charge in [-0.2, -0.15) is 0 Å². The number of hydrogen-bond acceptors (Lipinski definition) is 2.